The van der Waals surface area contributed by atoms with E-state index < -0.39 is 17.6 Å². The summed E-state index contributed by atoms with van der Waals surface area (Å²) >= 11 is 0. The minimum Gasteiger partial charge on any atom is -0.494 e. The molecule has 0 saturated heterocycles. The van der Waals surface area contributed by atoms with Crippen LogP contribution in [-0.2, 0) is 20.6 Å². The van der Waals surface area contributed by atoms with Gasteiger partial charge in [0.25, 0.3) is 5.97 Å². The second kappa shape index (κ2) is 6.08. The van der Waals surface area contributed by atoms with E-state index in [1.807, 2.05) is 0 Å². The Labute approximate surface area is 104 Å². The van der Waals surface area contributed by atoms with Gasteiger partial charge in [0.05, 0.1) is 13.5 Å². The molecule has 1 aromatic rings. The van der Waals surface area contributed by atoms with Crippen molar-refractivity contribution in [2.45, 2.75) is 12.4 Å². The summed E-state index contributed by atoms with van der Waals surface area (Å²) in [5, 5.41) is 0. The van der Waals surface area contributed by atoms with Crippen LogP contribution >= 0.6 is 0 Å². The highest BCUT2D eigenvalue weighted by molar-refractivity contribution is 5.31. The maximum absolute atomic E-state index is 13.7. The average molecular weight is 262 g/mol. The first-order valence-corrected chi connectivity index (χ1v) is 5.19. The first-order valence-electron chi connectivity index (χ1n) is 5.19. The summed E-state index contributed by atoms with van der Waals surface area (Å²) in [6.45, 7) is 0. The lowest BCUT2D eigenvalue weighted by molar-refractivity contribution is -0.351. The van der Waals surface area contributed by atoms with Gasteiger partial charge in [0.1, 0.15) is 5.82 Å². The van der Waals surface area contributed by atoms with Crippen molar-refractivity contribution in [3.05, 3.63) is 29.3 Å². The highest BCUT2D eigenvalue weighted by Crippen LogP contribution is 2.26. The van der Waals surface area contributed by atoms with E-state index in [0.717, 1.165) is 12.1 Å². The van der Waals surface area contributed by atoms with Gasteiger partial charge in [0.2, 0.25) is 0 Å². The first-order chi connectivity index (χ1) is 8.51. The molecule has 0 aliphatic carbocycles. The predicted octanol–water partition coefficient (Wildman–Crippen LogP) is 2.11. The highest BCUT2D eigenvalue weighted by Gasteiger charge is 2.31. The summed E-state index contributed by atoms with van der Waals surface area (Å²) < 4.78 is 47.0. The molecule has 0 spiro atoms. The number of rotatable bonds is 6. The van der Waals surface area contributed by atoms with Crippen LogP contribution in [0.1, 0.15) is 5.56 Å². The van der Waals surface area contributed by atoms with E-state index in [-0.39, 0.29) is 17.7 Å². The van der Waals surface area contributed by atoms with Crippen LogP contribution in [0.2, 0.25) is 0 Å². The number of ether oxygens (including phenoxy) is 4. The van der Waals surface area contributed by atoms with Crippen molar-refractivity contribution in [2.75, 3.05) is 28.4 Å². The molecule has 0 aliphatic rings. The molecule has 0 N–H and O–H groups in total. The fourth-order valence-electron chi connectivity index (χ4n) is 1.56. The summed E-state index contributed by atoms with van der Waals surface area (Å²) in [5.74, 6) is -2.88. The lowest BCUT2D eigenvalue weighted by Crippen LogP contribution is -2.38. The van der Waals surface area contributed by atoms with E-state index in [1.165, 1.54) is 28.4 Å². The quantitative estimate of drug-likeness (QED) is 0.736. The molecule has 0 atom stereocenters. The summed E-state index contributed by atoms with van der Waals surface area (Å²) in [6, 6.07) is 2.00. The molecular weight excluding hydrogens is 246 g/mol. The third-order valence-corrected chi connectivity index (χ3v) is 2.66. The van der Waals surface area contributed by atoms with Gasteiger partial charge in [-0.15, -0.1) is 0 Å². The average Bonchev–Trinajstić information content (AvgIpc) is 2.39. The lowest BCUT2D eigenvalue weighted by atomic mass is 10.1. The van der Waals surface area contributed by atoms with Crippen molar-refractivity contribution in [2.24, 2.45) is 0 Å². The molecule has 0 amide bonds. The van der Waals surface area contributed by atoms with E-state index in [2.05, 4.69) is 4.74 Å². The van der Waals surface area contributed by atoms with Crippen LogP contribution in [0, 0.1) is 11.6 Å². The van der Waals surface area contributed by atoms with Crippen LogP contribution in [0.3, 0.4) is 0 Å². The standard InChI is InChI=1S/C12H16F2O4/c1-15-11-6-9(13)8(5-10(11)14)7-12(16-2,17-3)18-4/h5-6H,7H2,1-4H3. The number of hydrogen-bond acceptors (Lipinski definition) is 4. The van der Waals surface area contributed by atoms with Gasteiger partial charge in [0.15, 0.2) is 11.6 Å². The van der Waals surface area contributed by atoms with Crippen molar-refractivity contribution in [3.63, 3.8) is 0 Å². The summed E-state index contributed by atoms with van der Waals surface area (Å²) in [6.07, 6.45) is -0.0940. The maximum atomic E-state index is 13.7. The van der Waals surface area contributed by atoms with Gasteiger partial charge < -0.3 is 18.9 Å². The molecule has 0 unspecified atom stereocenters. The fraction of sp³-hybridized carbons (Fsp3) is 0.500. The first kappa shape index (κ1) is 14.8. The lowest BCUT2D eigenvalue weighted by Gasteiger charge is -2.28. The molecule has 1 rings (SSSR count). The monoisotopic (exact) mass is 262 g/mol. The Morgan fingerprint density at radius 3 is 1.94 bits per heavy atom. The van der Waals surface area contributed by atoms with Crippen molar-refractivity contribution in [1.82, 2.24) is 0 Å². The Kier molecular flexibility index (Phi) is 5.01. The molecule has 18 heavy (non-hydrogen) atoms. The summed E-state index contributed by atoms with van der Waals surface area (Å²) in [5.41, 5.74) is 0.0684. The Hall–Kier alpha value is -1.24. The molecule has 0 heterocycles. The number of hydrogen-bond donors (Lipinski definition) is 0. The van der Waals surface area contributed by atoms with Crippen LogP contribution in [0.15, 0.2) is 12.1 Å². The van der Waals surface area contributed by atoms with Gasteiger partial charge in [-0.2, -0.15) is 0 Å². The molecule has 0 aromatic heterocycles. The zero-order chi connectivity index (χ0) is 13.8. The SMILES string of the molecule is COc1cc(F)c(CC(OC)(OC)OC)cc1F. The maximum Gasteiger partial charge on any atom is 0.286 e. The summed E-state index contributed by atoms with van der Waals surface area (Å²) in [7, 11) is 5.32. The van der Waals surface area contributed by atoms with Gasteiger partial charge in [-0.1, -0.05) is 0 Å². The smallest absolute Gasteiger partial charge is 0.286 e. The van der Waals surface area contributed by atoms with E-state index in [0.29, 0.717) is 0 Å². The second-order valence-electron chi connectivity index (χ2n) is 3.55. The van der Waals surface area contributed by atoms with E-state index in [1.54, 1.807) is 0 Å². The van der Waals surface area contributed by atoms with Crippen molar-refractivity contribution >= 4 is 0 Å². The Bertz CT molecular complexity index is 397. The predicted molar refractivity (Wildman–Crippen MR) is 60.4 cm³/mol. The normalized spacial score (nSPS) is 11.7. The fourth-order valence-corrected chi connectivity index (χ4v) is 1.56. The third kappa shape index (κ3) is 2.95. The van der Waals surface area contributed by atoms with E-state index >= 15 is 0 Å². The summed E-state index contributed by atoms with van der Waals surface area (Å²) in [4.78, 5) is 0. The molecule has 0 bridgehead atoms. The third-order valence-electron chi connectivity index (χ3n) is 2.66. The molecule has 0 saturated carbocycles. The molecular formula is C12H16F2O4. The topological polar surface area (TPSA) is 36.9 Å². The van der Waals surface area contributed by atoms with E-state index in [4.69, 9.17) is 14.2 Å². The molecule has 0 aliphatic heterocycles. The van der Waals surface area contributed by atoms with Crippen molar-refractivity contribution < 1.29 is 27.7 Å². The number of methoxy groups -OCH3 is 4. The molecule has 0 fully saturated rings. The highest BCUT2D eigenvalue weighted by atomic mass is 19.1. The van der Waals surface area contributed by atoms with Crippen LogP contribution in [0.5, 0.6) is 5.75 Å². The number of benzene rings is 1. The van der Waals surface area contributed by atoms with Crippen molar-refractivity contribution in [3.8, 4) is 5.75 Å². The van der Waals surface area contributed by atoms with Gasteiger partial charge in [-0.3, -0.25) is 0 Å². The van der Waals surface area contributed by atoms with Crippen molar-refractivity contribution in [1.29, 1.82) is 0 Å². The molecule has 0 radical (unpaired) electrons. The Morgan fingerprint density at radius 2 is 1.50 bits per heavy atom. The van der Waals surface area contributed by atoms with Crippen LogP contribution in [-0.4, -0.2) is 34.4 Å². The van der Waals surface area contributed by atoms with Gasteiger partial charge >= 0.3 is 0 Å². The molecule has 6 heteroatoms. The molecule has 102 valence electrons. The Balaban J connectivity index is 3.07. The van der Waals surface area contributed by atoms with E-state index in [9.17, 15) is 8.78 Å². The largest absolute Gasteiger partial charge is 0.494 e. The second-order valence-corrected chi connectivity index (χ2v) is 3.55. The zero-order valence-electron chi connectivity index (χ0n) is 10.8. The zero-order valence-corrected chi connectivity index (χ0v) is 10.8. The van der Waals surface area contributed by atoms with Gasteiger partial charge in [-0.05, 0) is 11.6 Å². The van der Waals surface area contributed by atoms with Gasteiger partial charge in [-0.25, -0.2) is 8.78 Å². The van der Waals surface area contributed by atoms with Gasteiger partial charge in [0, 0.05) is 27.4 Å². The van der Waals surface area contributed by atoms with Crippen LogP contribution < -0.4 is 4.74 Å². The van der Waals surface area contributed by atoms with Crippen LogP contribution in [0.25, 0.3) is 0 Å². The molecule has 4 nitrogen and oxygen atoms in total. The minimum atomic E-state index is -1.44. The number of halogens is 2. The van der Waals surface area contributed by atoms with Crippen LogP contribution in [0.4, 0.5) is 8.78 Å². The minimum absolute atomic E-state index is 0.0684. The Morgan fingerprint density at radius 1 is 0.944 bits per heavy atom. The molecule has 1 aromatic carbocycles.